The van der Waals surface area contributed by atoms with E-state index in [9.17, 15) is 4.79 Å². The lowest BCUT2D eigenvalue weighted by molar-refractivity contribution is 0.147. The molecule has 1 heterocycles. The summed E-state index contributed by atoms with van der Waals surface area (Å²) < 4.78 is 5.80. The number of hydrogen-bond acceptors (Lipinski definition) is 3. The molecule has 82 valence electrons. The summed E-state index contributed by atoms with van der Waals surface area (Å²) in [6.07, 6.45) is 1.14. The molecule has 0 bridgehead atoms. The number of ether oxygens (including phenoxy) is 1. The SMILES string of the molecule is CC(C)COC(=O)Nc1ccc(Br)cn1. The van der Waals surface area contributed by atoms with Crippen LogP contribution in [0.1, 0.15) is 13.8 Å². The number of nitrogens with zero attached hydrogens (tertiary/aromatic N) is 1. The fraction of sp³-hybridized carbons (Fsp3) is 0.400. The molecular weight excluding hydrogens is 260 g/mol. The molecule has 0 aliphatic heterocycles. The molecule has 0 fully saturated rings. The van der Waals surface area contributed by atoms with Gasteiger partial charge in [0.15, 0.2) is 0 Å². The van der Waals surface area contributed by atoms with Crippen LogP contribution in [-0.4, -0.2) is 17.7 Å². The first kappa shape index (κ1) is 12.0. The molecular formula is C10H13BrN2O2. The topological polar surface area (TPSA) is 51.2 Å². The molecule has 1 aromatic rings. The van der Waals surface area contributed by atoms with E-state index in [1.807, 2.05) is 13.8 Å². The number of carbonyl (C=O) groups is 1. The summed E-state index contributed by atoms with van der Waals surface area (Å²) in [5.41, 5.74) is 0. The molecule has 0 radical (unpaired) electrons. The van der Waals surface area contributed by atoms with E-state index in [0.29, 0.717) is 18.3 Å². The first-order valence-electron chi connectivity index (χ1n) is 4.63. The van der Waals surface area contributed by atoms with E-state index < -0.39 is 6.09 Å². The molecule has 1 rings (SSSR count). The van der Waals surface area contributed by atoms with Gasteiger partial charge < -0.3 is 4.74 Å². The van der Waals surface area contributed by atoms with Crippen LogP contribution >= 0.6 is 15.9 Å². The van der Waals surface area contributed by atoms with E-state index in [4.69, 9.17) is 4.74 Å². The largest absolute Gasteiger partial charge is 0.449 e. The highest BCUT2D eigenvalue weighted by Crippen LogP contribution is 2.10. The Morgan fingerprint density at radius 3 is 2.87 bits per heavy atom. The van der Waals surface area contributed by atoms with Crippen LogP contribution in [0.4, 0.5) is 10.6 Å². The summed E-state index contributed by atoms with van der Waals surface area (Å²) in [5.74, 6) is 0.806. The van der Waals surface area contributed by atoms with Gasteiger partial charge in [-0.2, -0.15) is 0 Å². The summed E-state index contributed by atoms with van der Waals surface area (Å²) in [5, 5.41) is 2.53. The number of nitrogens with one attached hydrogen (secondary N) is 1. The van der Waals surface area contributed by atoms with E-state index >= 15 is 0 Å². The molecule has 0 aromatic carbocycles. The molecule has 0 unspecified atom stereocenters. The van der Waals surface area contributed by atoms with Crippen LogP contribution in [0.5, 0.6) is 0 Å². The monoisotopic (exact) mass is 272 g/mol. The van der Waals surface area contributed by atoms with Crippen LogP contribution in [0, 0.1) is 5.92 Å². The Labute approximate surface area is 97.2 Å². The number of amides is 1. The average molecular weight is 273 g/mol. The van der Waals surface area contributed by atoms with E-state index in [1.54, 1.807) is 18.3 Å². The van der Waals surface area contributed by atoms with Crippen LogP contribution in [0.2, 0.25) is 0 Å². The fourth-order valence-corrected chi connectivity index (χ4v) is 1.07. The van der Waals surface area contributed by atoms with Crippen molar-refractivity contribution < 1.29 is 9.53 Å². The number of rotatable bonds is 3. The van der Waals surface area contributed by atoms with Crippen molar-refractivity contribution >= 4 is 27.8 Å². The molecule has 0 spiro atoms. The Morgan fingerprint density at radius 1 is 1.60 bits per heavy atom. The first-order chi connectivity index (χ1) is 7.08. The minimum absolute atomic E-state index is 0.327. The van der Waals surface area contributed by atoms with Crippen molar-refractivity contribution in [3.8, 4) is 0 Å². The number of aromatic nitrogens is 1. The zero-order valence-corrected chi connectivity index (χ0v) is 10.2. The van der Waals surface area contributed by atoms with Gasteiger partial charge in [0.1, 0.15) is 5.82 Å². The average Bonchev–Trinajstić information content (AvgIpc) is 2.19. The van der Waals surface area contributed by atoms with E-state index in [-0.39, 0.29) is 0 Å². The van der Waals surface area contributed by atoms with Crippen molar-refractivity contribution in [2.24, 2.45) is 5.92 Å². The first-order valence-corrected chi connectivity index (χ1v) is 5.42. The summed E-state index contributed by atoms with van der Waals surface area (Å²) >= 11 is 3.26. The van der Waals surface area contributed by atoms with Gasteiger partial charge in [-0.25, -0.2) is 9.78 Å². The highest BCUT2D eigenvalue weighted by molar-refractivity contribution is 9.10. The van der Waals surface area contributed by atoms with Gasteiger partial charge >= 0.3 is 6.09 Å². The highest BCUT2D eigenvalue weighted by atomic mass is 79.9. The van der Waals surface area contributed by atoms with Gasteiger partial charge in [0.05, 0.1) is 6.61 Å². The lowest BCUT2D eigenvalue weighted by atomic mass is 10.2. The van der Waals surface area contributed by atoms with Gasteiger partial charge in [0, 0.05) is 10.7 Å². The molecule has 0 saturated heterocycles. The van der Waals surface area contributed by atoms with Gasteiger partial charge in [-0.1, -0.05) is 13.8 Å². The second-order valence-electron chi connectivity index (χ2n) is 3.48. The van der Waals surface area contributed by atoms with E-state index in [2.05, 4.69) is 26.2 Å². The molecule has 0 aliphatic carbocycles. The fourth-order valence-electron chi connectivity index (χ4n) is 0.833. The Balaban J connectivity index is 2.41. The lowest BCUT2D eigenvalue weighted by Gasteiger charge is -2.07. The third kappa shape index (κ3) is 4.78. The zero-order chi connectivity index (χ0) is 11.3. The van der Waals surface area contributed by atoms with Crippen molar-refractivity contribution in [2.75, 3.05) is 11.9 Å². The minimum Gasteiger partial charge on any atom is -0.449 e. The Morgan fingerprint density at radius 2 is 2.33 bits per heavy atom. The normalized spacial score (nSPS) is 10.1. The number of carbonyl (C=O) groups excluding carboxylic acids is 1. The predicted molar refractivity (Wildman–Crippen MR) is 61.7 cm³/mol. The molecule has 15 heavy (non-hydrogen) atoms. The minimum atomic E-state index is -0.474. The van der Waals surface area contributed by atoms with Crippen molar-refractivity contribution in [3.05, 3.63) is 22.8 Å². The van der Waals surface area contributed by atoms with Crippen LogP contribution < -0.4 is 5.32 Å². The maximum Gasteiger partial charge on any atom is 0.412 e. The third-order valence-electron chi connectivity index (χ3n) is 1.51. The van der Waals surface area contributed by atoms with E-state index in [0.717, 1.165) is 4.47 Å². The molecule has 1 aromatic heterocycles. The van der Waals surface area contributed by atoms with Crippen LogP contribution in [0.3, 0.4) is 0 Å². The molecule has 5 heteroatoms. The van der Waals surface area contributed by atoms with Crippen molar-refractivity contribution in [1.82, 2.24) is 4.98 Å². The summed E-state index contributed by atoms with van der Waals surface area (Å²) in [6.45, 7) is 4.36. The highest BCUT2D eigenvalue weighted by Gasteiger charge is 2.04. The second-order valence-corrected chi connectivity index (χ2v) is 4.39. The summed E-state index contributed by atoms with van der Waals surface area (Å²) in [4.78, 5) is 15.2. The van der Waals surface area contributed by atoms with Gasteiger partial charge in [0.2, 0.25) is 0 Å². The van der Waals surface area contributed by atoms with Gasteiger partial charge in [-0.05, 0) is 34.0 Å². The van der Waals surface area contributed by atoms with Gasteiger partial charge in [-0.15, -0.1) is 0 Å². The lowest BCUT2D eigenvalue weighted by Crippen LogP contribution is -2.17. The Kier molecular flexibility index (Phi) is 4.55. The molecule has 0 saturated carbocycles. The van der Waals surface area contributed by atoms with Gasteiger partial charge in [0.25, 0.3) is 0 Å². The van der Waals surface area contributed by atoms with Crippen LogP contribution in [-0.2, 0) is 4.74 Å². The molecule has 0 aliphatic rings. The molecule has 4 nitrogen and oxygen atoms in total. The number of halogens is 1. The Hall–Kier alpha value is -1.10. The molecule has 0 atom stereocenters. The van der Waals surface area contributed by atoms with Crippen molar-refractivity contribution in [3.63, 3.8) is 0 Å². The third-order valence-corrected chi connectivity index (χ3v) is 1.97. The quantitative estimate of drug-likeness (QED) is 0.920. The number of anilines is 1. The summed E-state index contributed by atoms with van der Waals surface area (Å²) in [6, 6.07) is 3.49. The van der Waals surface area contributed by atoms with Crippen molar-refractivity contribution in [2.45, 2.75) is 13.8 Å². The van der Waals surface area contributed by atoms with Gasteiger partial charge in [-0.3, -0.25) is 5.32 Å². The van der Waals surface area contributed by atoms with Crippen molar-refractivity contribution in [1.29, 1.82) is 0 Å². The number of pyridine rings is 1. The van der Waals surface area contributed by atoms with Crippen LogP contribution in [0.15, 0.2) is 22.8 Å². The predicted octanol–water partition coefficient (Wildman–Crippen LogP) is 3.05. The molecule has 1 N–H and O–H groups in total. The van der Waals surface area contributed by atoms with E-state index in [1.165, 1.54) is 0 Å². The summed E-state index contributed by atoms with van der Waals surface area (Å²) in [7, 11) is 0. The zero-order valence-electron chi connectivity index (χ0n) is 8.66. The smallest absolute Gasteiger partial charge is 0.412 e. The Bertz CT molecular complexity index is 325. The standard InChI is InChI=1S/C10H13BrN2O2/c1-7(2)6-15-10(14)13-9-4-3-8(11)5-12-9/h3-5,7H,6H2,1-2H3,(H,12,13,14). The second kappa shape index (κ2) is 5.70. The number of hydrogen-bond donors (Lipinski definition) is 1. The maximum atomic E-state index is 11.2. The maximum absolute atomic E-state index is 11.2. The van der Waals surface area contributed by atoms with Crippen LogP contribution in [0.25, 0.3) is 0 Å². The molecule has 1 amide bonds.